The molecule has 1 atom stereocenters. The molecule has 0 saturated heterocycles. The number of nitrogens with zero attached hydrogens (tertiary/aromatic N) is 1. The Labute approximate surface area is 127 Å². The van der Waals surface area contributed by atoms with Crippen LogP contribution < -0.4 is 10.6 Å². The standard InChI is InChI=1S/C16H29N3O2/c1-7-17-15(18-9-11(2)3)19-10-16(6,20)14-8-12(4)21-13(14)5/h8,11,20H,7,9-10H2,1-6H3,(H2,17,18,19). The molecule has 1 unspecified atom stereocenters. The zero-order valence-electron chi connectivity index (χ0n) is 14.1. The summed E-state index contributed by atoms with van der Waals surface area (Å²) >= 11 is 0. The van der Waals surface area contributed by atoms with E-state index >= 15 is 0 Å². The second kappa shape index (κ2) is 7.50. The van der Waals surface area contributed by atoms with Gasteiger partial charge < -0.3 is 20.2 Å². The van der Waals surface area contributed by atoms with Crippen molar-refractivity contribution in [1.29, 1.82) is 0 Å². The molecule has 0 aromatic carbocycles. The van der Waals surface area contributed by atoms with Gasteiger partial charge in [-0.1, -0.05) is 13.8 Å². The molecule has 120 valence electrons. The summed E-state index contributed by atoms with van der Waals surface area (Å²) in [6.45, 7) is 13.7. The average Bonchev–Trinajstić information content (AvgIpc) is 2.72. The molecule has 1 heterocycles. The fraction of sp³-hybridized carbons (Fsp3) is 0.688. The summed E-state index contributed by atoms with van der Waals surface area (Å²) in [6, 6.07) is 1.87. The topological polar surface area (TPSA) is 69.8 Å². The van der Waals surface area contributed by atoms with Gasteiger partial charge in [0.1, 0.15) is 17.1 Å². The number of nitrogens with one attached hydrogen (secondary N) is 2. The molecule has 0 fully saturated rings. The van der Waals surface area contributed by atoms with E-state index in [9.17, 15) is 5.11 Å². The highest BCUT2D eigenvalue weighted by molar-refractivity contribution is 5.79. The zero-order valence-corrected chi connectivity index (χ0v) is 14.1. The highest BCUT2D eigenvalue weighted by Crippen LogP contribution is 2.27. The van der Waals surface area contributed by atoms with E-state index in [1.54, 1.807) is 6.92 Å². The summed E-state index contributed by atoms with van der Waals surface area (Å²) < 4.78 is 5.49. The zero-order chi connectivity index (χ0) is 16.0. The van der Waals surface area contributed by atoms with Crippen molar-refractivity contribution in [2.45, 2.75) is 47.1 Å². The number of rotatable bonds is 6. The van der Waals surface area contributed by atoms with Gasteiger partial charge in [-0.25, -0.2) is 4.99 Å². The molecule has 0 aliphatic heterocycles. The van der Waals surface area contributed by atoms with Crippen LogP contribution >= 0.6 is 0 Å². The minimum atomic E-state index is -1.04. The van der Waals surface area contributed by atoms with Crippen LogP contribution in [0.3, 0.4) is 0 Å². The van der Waals surface area contributed by atoms with Gasteiger partial charge in [-0.15, -0.1) is 0 Å². The lowest BCUT2D eigenvalue weighted by molar-refractivity contribution is 0.0657. The lowest BCUT2D eigenvalue weighted by Gasteiger charge is -2.22. The molecule has 5 heteroatoms. The quantitative estimate of drug-likeness (QED) is 0.556. The van der Waals surface area contributed by atoms with Gasteiger partial charge in [-0.3, -0.25) is 0 Å². The third-order valence-corrected chi connectivity index (χ3v) is 3.19. The molecule has 0 aliphatic rings. The SMILES string of the molecule is CCNC(=NCC(C)(O)c1cc(C)oc1C)NCC(C)C. The lowest BCUT2D eigenvalue weighted by atomic mass is 9.96. The number of hydrogen-bond acceptors (Lipinski definition) is 3. The summed E-state index contributed by atoms with van der Waals surface area (Å²) in [5.41, 5.74) is -0.245. The van der Waals surface area contributed by atoms with E-state index in [2.05, 4.69) is 29.5 Å². The molecule has 1 aromatic heterocycles. The Morgan fingerprint density at radius 2 is 2.05 bits per heavy atom. The number of aliphatic hydroxyl groups is 1. The van der Waals surface area contributed by atoms with Crippen molar-refractivity contribution in [1.82, 2.24) is 10.6 Å². The Kier molecular flexibility index (Phi) is 6.27. The Balaban J connectivity index is 2.79. The smallest absolute Gasteiger partial charge is 0.191 e. The second-order valence-electron chi connectivity index (χ2n) is 6.07. The first-order chi connectivity index (χ1) is 9.76. The molecular weight excluding hydrogens is 266 g/mol. The molecule has 1 aromatic rings. The van der Waals surface area contributed by atoms with Crippen molar-refractivity contribution in [3.8, 4) is 0 Å². The maximum absolute atomic E-state index is 10.7. The molecule has 0 saturated carbocycles. The van der Waals surface area contributed by atoms with E-state index in [0.717, 1.165) is 36.1 Å². The van der Waals surface area contributed by atoms with Crippen LogP contribution in [0.1, 0.15) is 44.8 Å². The molecular formula is C16H29N3O2. The Morgan fingerprint density at radius 1 is 1.38 bits per heavy atom. The lowest BCUT2D eigenvalue weighted by Crippen LogP contribution is -2.40. The number of guanidine groups is 1. The van der Waals surface area contributed by atoms with Crippen LogP contribution in [0.15, 0.2) is 15.5 Å². The maximum Gasteiger partial charge on any atom is 0.191 e. The molecule has 1 rings (SSSR count). The highest BCUT2D eigenvalue weighted by Gasteiger charge is 2.27. The highest BCUT2D eigenvalue weighted by atomic mass is 16.3. The van der Waals surface area contributed by atoms with Gasteiger partial charge in [0.2, 0.25) is 0 Å². The maximum atomic E-state index is 10.7. The fourth-order valence-electron chi connectivity index (χ4n) is 2.13. The van der Waals surface area contributed by atoms with Crippen molar-refractivity contribution >= 4 is 5.96 Å². The first kappa shape index (κ1) is 17.6. The Hall–Kier alpha value is -1.49. The molecule has 5 nitrogen and oxygen atoms in total. The number of hydrogen-bond donors (Lipinski definition) is 3. The monoisotopic (exact) mass is 295 g/mol. The summed E-state index contributed by atoms with van der Waals surface area (Å²) in [5, 5.41) is 17.1. The van der Waals surface area contributed by atoms with Gasteiger partial charge in [0.25, 0.3) is 0 Å². The van der Waals surface area contributed by atoms with Gasteiger partial charge >= 0.3 is 0 Å². The van der Waals surface area contributed by atoms with Crippen molar-refractivity contribution in [3.63, 3.8) is 0 Å². The minimum absolute atomic E-state index is 0.278. The molecule has 21 heavy (non-hydrogen) atoms. The van der Waals surface area contributed by atoms with Gasteiger partial charge in [0.05, 0.1) is 6.54 Å². The Bertz CT molecular complexity index is 476. The van der Waals surface area contributed by atoms with Crippen LogP contribution in [0.25, 0.3) is 0 Å². The molecule has 3 N–H and O–H groups in total. The summed E-state index contributed by atoms with van der Waals surface area (Å²) in [5.74, 6) is 2.81. The fourth-order valence-corrected chi connectivity index (χ4v) is 2.13. The second-order valence-corrected chi connectivity index (χ2v) is 6.07. The third kappa shape index (κ3) is 5.42. The van der Waals surface area contributed by atoms with Gasteiger partial charge in [-0.05, 0) is 39.7 Å². The van der Waals surface area contributed by atoms with E-state index in [4.69, 9.17) is 4.42 Å². The third-order valence-electron chi connectivity index (χ3n) is 3.19. The number of furan rings is 1. The average molecular weight is 295 g/mol. The van der Waals surface area contributed by atoms with Crippen molar-refractivity contribution in [3.05, 3.63) is 23.2 Å². The largest absolute Gasteiger partial charge is 0.466 e. The molecule has 0 amide bonds. The van der Waals surface area contributed by atoms with Gasteiger partial charge in [0.15, 0.2) is 5.96 Å². The van der Waals surface area contributed by atoms with Crippen LogP contribution in [0.5, 0.6) is 0 Å². The summed E-state index contributed by atoms with van der Waals surface area (Å²) in [7, 11) is 0. The number of aryl methyl sites for hydroxylation is 2. The van der Waals surface area contributed by atoms with Crippen LogP contribution in [-0.2, 0) is 5.60 Å². The summed E-state index contributed by atoms with van der Waals surface area (Å²) in [4.78, 5) is 4.49. The van der Waals surface area contributed by atoms with Crippen molar-refractivity contribution < 1.29 is 9.52 Å². The predicted molar refractivity (Wildman–Crippen MR) is 86.6 cm³/mol. The first-order valence-electron chi connectivity index (χ1n) is 7.58. The van der Waals surface area contributed by atoms with Gasteiger partial charge in [0, 0.05) is 18.7 Å². The van der Waals surface area contributed by atoms with E-state index < -0.39 is 5.60 Å². The Morgan fingerprint density at radius 3 is 2.52 bits per heavy atom. The van der Waals surface area contributed by atoms with E-state index in [0.29, 0.717) is 5.92 Å². The van der Waals surface area contributed by atoms with Gasteiger partial charge in [-0.2, -0.15) is 0 Å². The molecule has 0 radical (unpaired) electrons. The van der Waals surface area contributed by atoms with E-state index in [1.165, 1.54) is 0 Å². The van der Waals surface area contributed by atoms with E-state index in [1.807, 2.05) is 26.8 Å². The number of aliphatic imine (C=N–C) groups is 1. The molecule has 0 aliphatic carbocycles. The van der Waals surface area contributed by atoms with Crippen LogP contribution in [0.4, 0.5) is 0 Å². The summed E-state index contributed by atoms with van der Waals surface area (Å²) in [6.07, 6.45) is 0. The first-order valence-corrected chi connectivity index (χ1v) is 7.58. The van der Waals surface area contributed by atoms with Crippen molar-refractivity contribution in [2.75, 3.05) is 19.6 Å². The predicted octanol–water partition coefficient (Wildman–Crippen LogP) is 2.32. The normalized spacial score (nSPS) is 15.1. The van der Waals surface area contributed by atoms with E-state index in [-0.39, 0.29) is 6.54 Å². The van der Waals surface area contributed by atoms with Crippen LogP contribution in [-0.4, -0.2) is 30.7 Å². The minimum Gasteiger partial charge on any atom is -0.466 e. The molecule has 0 bridgehead atoms. The molecule has 0 spiro atoms. The van der Waals surface area contributed by atoms with Crippen molar-refractivity contribution in [2.24, 2.45) is 10.9 Å². The van der Waals surface area contributed by atoms with Crippen LogP contribution in [0.2, 0.25) is 0 Å². The van der Waals surface area contributed by atoms with Crippen LogP contribution in [0, 0.1) is 19.8 Å².